The molecule has 0 fully saturated rings. The standard InChI is InChI=1S/C26H28N4O2/c1-30(2)11-7-10-27-26-20-12-18-16-8-5-6-9-21(16)28-22(18)13-17(20)19-14-24(31-3)25(32-4)15-23(19)29-26/h5-6,8-9,12-15,28H,7,10-11H2,1-4H3,(H,27,29). The zero-order chi connectivity index (χ0) is 22.2. The molecule has 5 rings (SSSR count). The van der Waals surface area contributed by atoms with Gasteiger partial charge in [-0.3, -0.25) is 0 Å². The number of methoxy groups -OCH3 is 2. The number of rotatable bonds is 7. The van der Waals surface area contributed by atoms with Crippen LogP contribution in [0.25, 0.3) is 43.5 Å². The molecule has 0 spiro atoms. The van der Waals surface area contributed by atoms with Crippen LogP contribution >= 0.6 is 0 Å². The summed E-state index contributed by atoms with van der Waals surface area (Å²) in [6.45, 7) is 1.88. The van der Waals surface area contributed by atoms with Crippen molar-refractivity contribution < 1.29 is 9.47 Å². The molecule has 0 amide bonds. The highest BCUT2D eigenvalue weighted by Gasteiger charge is 2.15. The van der Waals surface area contributed by atoms with Gasteiger partial charge >= 0.3 is 0 Å². The van der Waals surface area contributed by atoms with Crippen LogP contribution in [-0.2, 0) is 0 Å². The van der Waals surface area contributed by atoms with Crippen molar-refractivity contribution >= 4 is 49.3 Å². The summed E-state index contributed by atoms with van der Waals surface area (Å²) in [5, 5.41) is 9.28. The molecule has 164 valence electrons. The van der Waals surface area contributed by atoms with Crippen molar-refractivity contribution in [1.82, 2.24) is 14.9 Å². The number of hydrogen-bond acceptors (Lipinski definition) is 5. The van der Waals surface area contributed by atoms with Crippen LogP contribution in [-0.4, -0.2) is 56.3 Å². The first-order valence-corrected chi connectivity index (χ1v) is 10.9. The van der Waals surface area contributed by atoms with Crippen molar-refractivity contribution in [1.29, 1.82) is 0 Å². The molecule has 2 heterocycles. The minimum Gasteiger partial charge on any atom is -0.493 e. The zero-order valence-electron chi connectivity index (χ0n) is 19.0. The highest BCUT2D eigenvalue weighted by atomic mass is 16.5. The third kappa shape index (κ3) is 3.46. The van der Waals surface area contributed by atoms with E-state index in [9.17, 15) is 0 Å². The van der Waals surface area contributed by atoms with Crippen molar-refractivity contribution in [2.75, 3.05) is 46.7 Å². The number of H-pyrrole nitrogens is 1. The number of para-hydroxylation sites is 1. The normalized spacial score (nSPS) is 11.8. The van der Waals surface area contributed by atoms with Gasteiger partial charge in [0.1, 0.15) is 5.82 Å². The van der Waals surface area contributed by atoms with E-state index in [1.165, 1.54) is 10.8 Å². The van der Waals surface area contributed by atoms with Gasteiger partial charge in [-0.2, -0.15) is 0 Å². The van der Waals surface area contributed by atoms with Crippen molar-refractivity contribution in [3.63, 3.8) is 0 Å². The Morgan fingerprint density at radius 1 is 0.844 bits per heavy atom. The number of nitrogens with zero attached hydrogens (tertiary/aromatic N) is 2. The quantitative estimate of drug-likeness (QED) is 0.268. The first-order chi connectivity index (χ1) is 15.6. The molecule has 0 saturated carbocycles. The lowest BCUT2D eigenvalue weighted by atomic mass is 10.0. The molecule has 2 aromatic heterocycles. The van der Waals surface area contributed by atoms with Gasteiger partial charge in [0.05, 0.1) is 19.7 Å². The summed E-state index contributed by atoms with van der Waals surface area (Å²) in [6.07, 6.45) is 1.04. The lowest BCUT2D eigenvalue weighted by Gasteiger charge is -2.15. The highest BCUT2D eigenvalue weighted by Crippen LogP contribution is 2.39. The summed E-state index contributed by atoms with van der Waals surface area (Å²) < 4.78 is 11.1. The third-order valence-electron chi connectivity index (χ3n) is 6.00. The summed E-state index contributed by atoms with van der Waals surface area (Å²) in [4.78, 5) is 10.8. The molecule has 0 bridgehead atoms. The Bertz CT molecular complexity index is 1440. The molecule has 6 heteroatoms. The average Bonchev–Trinajstić information content (AvgIpc) is 3.17. The molecule has 0 unspecified atom stereocenters. The SMILES string of the molecule is COc1cc2nc(NCCCN(C)C)c3cc4c(cc3c2cc1OC)[nH]c1ccccc14. The van der Waals surface area contributed by atoms with Crippen molar-refractivity contribution in [3.05, 3.63) is 48.5 Å². The number of benzene rings is 3. The topological polar surface area (TPSA) is 62.4 Å². The zero-order valence-corrected chi connectivity index (χ0v) is 19.0. The molecule has 0 atom stereocenters. The fourth-order valence-electron chi connectivity index (χ4n) is 4.41. The molecule has 3 aromatic carbocycles. The van der Waals surface area contributed by atoms with E-state index in [0.29, 0.717) is 11.5 Å². The number of ether oxygens (including phenoxy) is 2. The Labute approximate surface area is 187 Å². The van der Waals surface area contributed by atoms with E-state index in [4.69, 9.17) is 14.5 Å². The largest absolute Gasteiger partial charge is 0.493 e. The fraction of sp³-hybridized carbons (Fsp3) is 0.269. The van der Waals surface area contributed by atoms with Gasteiger partial charge < -0.3 is 24.7 Å². The van der Waals surface area contributed by atoms with Crippen LogP contribution in [0.4, 0.5) is 5.82 Å². The first kappa shape index (κ1) is 20.4. The van der Waals surface area contributed by atoms with Crippen molar-refractivity contribution in [2.45, 2.75) is 6.42 Å². The van der Waals surface area contributed by atoms with Crippen LogP contribution in [0.5, 0.6) is 11.5 Å². The van der Waals surface area contributed by atoms with E-state index >= 15 is 0 Å². The molecule has 0 saturated heterocycles. The van der Waals surface area contributed by atoms with E-state index in [1.54, 1.807) is 14.2 Å². The number of anilines is 1. The van der Waals surface area contributed by atoms with E-state index in [0.717, 1.165) is 58.0 Å². The van der Waals surface area contributed by atoms with E-state index in [1.807, 2.05) is 12.1 Å². The van der Waals surface area contributed by atoms with Crippen molar-refractivity contribution in [2.24, 2.45) is 0 Å². The maximum Gasteiger partial charge on any atom is 0.162 e. The Hall–Kier alpha value is -3.51. The number of pyridine rings is 1. The van der Waals surface area contributed by atoms with Gasteiger partial charge in [-0.1, -0.05) is 18.2 Å². The fourth-order valence-corrected chi connectivity index (χ4v) is 4.41. The lowest BCUT2D eigenvalue weighted by Crippen LogP contribution is -2.16. The van der Waals surface area contributed by atoms with Gasteiger partial charge in [0.25, 0.3) is 0 Å². The van der Waals surface area contributed by atoms with Gasteiger partial charge in [0.15, 0.2) is 11.5 Å². The second-order valence-electron chi connectivity index (χ2n) is 8.38. The predicted octanol–water partition coefficient (Wildman–Crippen LogP) is 5.40. The van der Waals surface area contributed by atoms with E-state index < -0.39 is 0 Å². The van der Waals surface area contributed by atoms with Crippen molar-refractivity contribution in [3.8, 4) is 11.5 Å². The average molecular weight is 429 g/mol. The molecule has 0 aliphatic heterocycles. The molecule has 0 aliphatic rings. The number of fused-ring (bicyclic) bond motifs is 6. The Morgan fingerprint density at radius 2 is 1.62 bits per heavy atom. The smallest absolute Gasteiger partial charge is 0.162 e. The second-order valence-corrected chi connectivity index (χ2v) is 8.38. The van der Waals surface area contributed by atoms with Gasteiger partial charge in [-0.15, -0.1) is 0 Å². The highest BCUT2D eigenvalue weighted by molar-refractivity contribution is 6.19. The van der Waals surface area contributed by atoms with Gasteiger partial charge in [-0.25, -0.2) is 4.98 Å². The number of aromatic nitrogens is 2. The summed E-state index contributed by atoms with van der Waals surface area (Å²) in [5.74, 6) is 2.27. The maximum absolute atomic E-state index is 5.58. The molecule has 6 nitrogen and oxygen atoms in total. The molecular weight excluding hydrogens is 400 g/mol. The van der Waals surface area contributed by atoms with Crippen LogP contribution in [0.1, 0.15) is 6.42 Å². The third-order valence-corrected chi connectivity index (χ3v) is 6.00. The number of nitrogens with one attached hydrogen (secondary N) is 2. The molecule has 0 aliphatic carbocycles. The predicted molar refractivity (Wildman–Crippen MR) is 133 cm³/mol. The van der Waals surface area contributed by atoms with Crippen LogP contribution in [0.15, 0.2) is 48.5 Å². The molecule has 5 aromatic rings. The summed E-state index contributed by atoms with van der Waals surface area (Å²) >= 11 is 0. The molecule has 2 N–H and O–H groups in total. The Balaban J connectivity index is 1.76. The lowest BCUT2D eigenvalue weighted by molar-refractivity contribution is 0.356. The minimum absolute atomic E-state index is 0.678. The number of hydrogen-bond donors (Lipinski definition) is 2. The van der Waals surface area contributed by atoms with Crippen LogP contribution in [0, 0.1) is 0 Å². The molecule has 32 heavy (non-hydrogen) atoms. The first-order valence-electron chi connectivity index (χ1n) is 10.9. The molecule has 0 radical (unpaired) electrons. The van der Waals surface area contributed by atoms with Gasteiger partial charge in [-0.05, 0) is 56.7 Å². The van der Waals surface area contributed by atoms with Crippen LogP contribution < -0.4 is 14.8 Å². The van der Waals surface area contributed by atoms with Crippen LogP contribution in [0.3, 0.4) is 0 Å². The number of aromatic amines is 1. The Kier molecular flexibility index (Phi) is 5.23. The summed E-state index contributed by atoms with van der Waals surface area (Å²) in [7, 11) is 7.50. The van der Waals surface area contributed by atoms with Crippen LogP contribution in [0.2, 0.25) is 0 Å². The summed E-state index contributed by atoms with van der Waals surface area (Å²) in [6, 6.07) is 16.9. The molecular formula is C26H28N4O2. The minimum atomic E-state index is 0.678. The van der Waals surface area contributed by atoms with Gasteiger partial charge in [0.2, 0.25) is 0 Å². The second kappa shape index (κ2) is 8.20. The van der Waals surface area contributed by atoms with Gasteiger partial charge in [0, 0.05) is 45.2 Å². The monoisotopic (exact) mass is 428 g/mol. The van der Waals surface area contributed by atoms with E-state index in [2.05, 4.69) is 65.7 Å². The van der Waals surface area contributed by atoms with E-state index in [-0.39, 0.29) is 0 Å². The Morgan fingerprint density at radius 3 is 2.41 bits per heavy atom. The summed E-state index contributed by atoms with van der Waals surface area (Å²) in [5.41, 5.74) is 3.12. The maximum atomic E-state index is 5.58.